The molecule has 0 saturated heterocycles. The van der Waals surface area contributed by atoms with Crippen molar-refractivity contribution in [1.29, 1.82) is 0 Å². The van der Waals surface area contributed by atoms with Gasteiger partial charge in [-0.2, -0.15) is 8.42 Å². The fourth-order valence-electron chi connectivity index (χ4n) is 1.75. The van der Waals surface area contributed by atoms with E-state index in [-0.39, 0.29) is 31.1 Å². The van der Waals surface area contributed by atoms with Crippen molar-refractivity contribution in [2.45, 2.75) is 37.2 Å². The van der Waals surface area contributed by atoms with E-state index in [1.165, 1.54) is 12.1 Å². The van der Waals surface area contributed by atoms with Crippen molar-refractivity contribution in [2.24, 2.45) is 0 Å². The van der Waals surface area contributed by atoms with Crippen LogP contribution >= 0.6 is 19.2 Å². The SMILES string of the molecule is CCOP(=O)(OCC)C(Cl)CCOS(=O)(=O)c1ccc(C)cc1. The molecule has 1 aromatic carbocycles. The van der Waals surface area contributed by atoms with Gasteiger partial charge in [-0.1, -0.05) is 17.7 Å². The smallest absolute Gasteiger partial charge is 0.308 e. The normalized spacial score (nSPS) is 13.9. The van der Waals surface area contributed by atoms with Crippen LogP contribution in [0.3, 0.4) is 0 Å². The molecule has 1 atom stereocenters. The highest BCUT2D eigenvalue weighted by atomic mass is 35.5. The number of halogens is 1. The highest BCUT2D eigenvalue weighted by Crippen LogP contribution is 2.55. The molecule has 0 fully saturated rings. The standard InChI is InChI=1S/C14H22ClO6PS/c1-4-19-22(16,20-5-2)14(15)10-11-21-23(17,18)13-8-6-12(3)7-9-13/h6-9,14H,4-5,10-11H2,1-3H3. The molecule has 0 aliphatic heterocycles. The molecule has 0 saturated carbocycles. The number of alkyl halides is 1. The Labute approximate surface area is 142 Å². The molecule has 0 aliphatic carbocycles. The molecule has 0 amide bonds. The molecule has 1 rings (SSSR count). The molecule has 132 valence electrons. The van der Waals surface area contributed by atoms with Crippen LogP contribution in [0.25, 0.3) is 0 Å². The molecule has 0 aromatic heterocycles. The lowest BCUT2D eigenvalue weighted by molar-refractivity contribution is 0.213. The largest absolute Gasteiger partial charge is 0.348 e. The lowest BCUT2D eigenvalue weighted by Crippen LogP contribution is -2.13. The van der Waals surface area contributed by atoms with Crippen LogP contribution in [0.4, 0.5) is 0 Å². The summed E-state index contributed by atoms with van der Waals surface area (Å²) in [6, 6.07) is 6.29. The second-order valence-electron chi connectivity index (χ2n) is 4.69. The van der Waals surface area contributed by atoms with E-state index in [0.717, 1.165) is 5.56 Å². The van der Waals surface area contributed by atoms with Gasteiger partial charge < -0.3 is 9.05 Å². The molecule has 1 unspecified atom stereocenters. The van der Waals surface area contributed by atoms with E-state index in [0.29, 0.717) is 0 Å². The van der Waals surface area contributed by atoms with Crippen molar-refractivity contribution in [3.63, 3.8) is 0 Å². The van der Waals surface area contributed by atoms with Gasteiger partial charge in [-0.3, -0.25) is 8.75 Å². The molecular formula is C14H22ClO6PS. The molecule has 0 bridgehead atoms. The van der Waals surface area contributed by atoms with Gasteiger partial charge >= 0.3 is 7.60 Å². The van der Waals surface area contributed by atoms with Gasteiger partial charge in [-0.25, -0.2) is 0 Å². The third-order valence-electron chi connectivity index (χ3n) is 2.87. The topological polar surface area (TPSA) is 78.9 Å². The van der Waals surface area contributed by atoms with E-state index in [2.05, 4.69) is 0 Å². The van der Waals surface area contributed by atoms with E-state index in [4.69, 9.17) is 24.8 Å². The molecule has 1 aromatic rings. The molecule has 0 aliphatic rings. The summed E-state index contributed by atoms with van der Waals surface area (Å²) in [5, 5.41) is -0.976. The molecular weight excluding hydrogens is 363 g/mol. The molecule has 0 spiro atoms. The summed E-state index contributed by atoms with van der Waals surface area (Å²) in [5.74, 6) is 0. The van der Waals surface area contributed by atoms with Gasteiger partial charge in [0, 0.05) is 6.42 Å². The quantitative estimate of drug-likeness (QED) is 0.345. The van der Waals surface area contributed by atoms with E-state index >= 15 is 0 Å². The van der Waals surface area contributed by atoms with Crippen LogP contribution in [0.5, 0.6) is 0 Å². The minimum atomic E-state index is -3.87. The lowest BCUT2D eigenvalue weighted by atomic mass is 10.2. The summed E-state index contributed by atoms with van der Waals surface area (Å²) < 4.78 is 51.6. The number of aryl methyl sites for hydroxylation is 1. The minimum Gasteiger partial charge on any atom is -0.308 e. The molecule has 23 heavy (non-hydrogen) atoms. The van der Waals surface area contributed by atoms with E-state index in [9.17, 15) is 13.0 Å². The zero-order valence-electron chi connectivity index (χ0n) is 13.4. The van der Waals surface area contributed by atoms with Gasteiger partial charge in [0.2, 0.25) is 0 Å². The average Bonchev–Trinajstić information content (AvgIpc) is 2.48. The first-order valence-corrected chi connectivity index (χ1v) is 10.7. The third kappa shape index (κ3) is 6.18. The van der Waals surface area contributed by atoms with Gasteiger partial charge in [-0.05, 0) is 32.9 Å². The Morgan fingerprint density at radius 2 is 1.65 bits per heavy atom. The Morgan fingerprint density at radius 1 is 1.13 bits per heavy atom. The Hall–Kier alpha value is -0.430. The van der Waals surface area contributed by atoms with Crippen molar-refractivity contribution >= 4 is 29.3 Å². The Balaban J connectivity index is 2.64. The predicted molar refractivity (Wildman–Crippen MR) is 89.4 cm³/mol. The summed E-state index contributed by atoms with van der Waals surface area (Å²) in [5.41, 5.74) is 0.944. The maximum absolute atomic E-state index is 12.4. The summed E-state index contributed by atoms with van der Waals surface area (Å²) in [4.78, 5) is 0.0621. The van der Waals surface area contributed by atoms with Crippen LogP contribution in [-0.4, -0.2) is 33.4 Å². The highest BCUT2D eigenvalue weighted by Gasteiger charge is 2.34. The average molecular weight is 385 g/mol. The van der Waals surface area contributed by atoms with Gasteiger partial charge in [0.25, 0.3) is 10.1 Å². The van der Waals surface area contributed by atoms with Crippen molar-refractivity contribution in [1.82, 2.24) is 0 Å². The number of hydrogen-bond acceptors (Lipinski definition) is 6. The maximum atomic E-state index is 12.4. The summed E-state index contributed by atoms with van der Waals surface area (Å²) >= 11 is 6.05. The van der Waals surface area contributed by atoms with Crippen molar-refractivity contribution in [3.05, 3.63) is 29.8 Å². The maximum Gasteiger partial charge on any atom is 0.348 e. The Morgan fingerprint density at radius 3 is 2.13 bits per heavy atom. The van der Waals surface area contributed by atoms with Crippen LogP contribution in [0.15, 0.2) is 29.2 Å². The van der Waals surface area contributed by atoms with Crippen LogP contribution in [-0.2, 0) is 27.9 Å². The van der Waals surface area contributed by atoms with E-state index in [1.54, 1.807) is 26.0 Å². The van der Waals surface area contributed by atoms with Crippen LogP contribution in [0.1, 0.15) is 25.8 Å². The first-order chi connectivity index (χ1) is 10.7. The highest BCUT2D eigenvalue weighted by molar-refractivity contribution is 7.86. The fraction of sp³-hybridized carbons (Fsp3) is 0.571. The second-order valence-corrected chi connectivity index (χ2v) is 9.35. The van der Waals surface area contributed by atoms with Crippen molar-refractivity contribution < 1.29 is 26.2 Å². The Kier molecular flexibility index (Phi) is 8.21. The number of benzene rings is 1. The van der Waals surface area contributed by atoms with Crippen molar-refractivity contribution in [2.75, 3.05) is 19.8 Å². The van der Waals surface area contributed by atoms with E-state index in [1.807, 2.05) is 6.92 Å². The first kappa shape index (κ1) is 20.6. The van der Waals surface area contributed by atoms with Crippen LogP contribution < -0.4 is 0 Å². The van der Waals surface area contributed by atoms with Crippen LogP contribution in [0.2, 0.25) is 0 Å². The third-order valence-corrected chi connectivity index (χ3v) is 7.31. The van der Waals surface area contributed by atoms with Gasteiger partial charge in [-0.15, -0.1) is 11.6 Å². The van der Waals surface area contributed by atoms with Gasteiger partial charge in [0.1, 0.15) is 5.12 Å². The Bertz CT molecular complexity index is 621. The zero-order valence-corrected chi connectivity index (χ0v) is 15.9. The van der Waals surface area contributed by atoms with Crippen LogP contribution in [0, 0.1) is 6.92 Å². The van der Waals surface area contributed by atoms with Crippen molar-refractivity contribution in [3.8, 4) is 0 Å². The summed E-state index contributed by atoms with van der Waals surface area (Å²) in [7, 11) is -7.35. The second kappa shape index (κ2) is 9.16. The summed E-state index contributed by atoms with van der Waals surface area (Å²) in [6.45, 7) is 5.36. The molecule has 0 heterocycles. The zero-order chi connectivity index (χ0) is 17.5. The first-order valence-electron chi connectivity index (χ1n) is 7.24. The molecule has 6 nitrogen and oxygen atoms in total. The molecule has 9 heteroatoms. The lowest BCUT2D eigenvalue weighted by Gasteiger charge is -2.21. The monoisotopic (exact) mass is 384 g/mol. The van der Waals surface area contributed by atoms with Gasteiger partial charge in [0.05, 0.1) is 24.7 Å². The molecule has 0 radical (unpaired) electrons. The number of rotatable bonds is 10. The number of hydrogen-bond donors (Lipinski definition) is 0. The van der Waals surface area contributed by atoms with E-state index < -0.39 is 22.8 Å². The summed E-state index contributed by atoms with van der Waals surface area (Å²) in [6.07, 6.45) is 0.0178. The minimum absolute atomic E-state index is 0.0178. The fourth-order valence-corrected chi connectivity index (χ4v) is 4.63. The molecule has 0 N–H and O–H groups in total. The predicted octanol–water partition coefficient (Wildman–Crippen LogP) is 3.92. The van der Waals surface area contributed by atoms with Gasteiger partial charge in [0.15, 0.2) is 0 Å².